The zero-order valence-corrected chi connectivity index (χ0v) is 81.2. The van der Waals surface area contributed by atoms with Crippen molar-refractivity contribution in [1.82, 2.24) is 4.98 Å². The summed E-state index contributed by atoms with van der Waals surface area (Å²) in [6, 6.07) is 52.8. The van der Waals surface area contributed by atoms with Gasteiger partial charge in [0.1, 0.15) is 80.6 Å². The second-order valence-electron chi connectivity index (χ2n) is 29.0. The molecule has 0 unspecified atom stereocenters. The van der Waals surface area contributed by atoms with Gasteiger partial charge in [-0.2, -0.15) is 9.65 Å². The highest BCUT2D eigenvalue weighted by Gasteiger charge is 2.12. The lowest BCUT2D eigenvalue weighted by molar-refractivity contribution is 0.446. The first-order chi connectivity index (χ1) is 61.3. The smallest absolute Gasteiger partial charge is 0.215 e. The molecule has 14 aromatic rings. The summed E-state index contributed by atoms with van der Waals surface area (Å²) in [5, 5.41) is 8.64. The molecule has 132 heavy (non-hydrogen) atoms. The molecule has 704 valence electrons. The molecule has 0 saturated heterocycles. The van der Waals surface area contributed by atoms with E-state index in [1.807, 2.05) is 78.8 Å². The summed E-state index contributed by atoms with van der Waals surface area (Å²) in [5.74, 6) is -13.3. The summed E-state index contributed by atoms with van der Waals surface area (Å²) in [5.41, 5.74) is 14.3. The molecule has 0 aliphatic rings. The van der Waals surface area contributed by atoms with Gasteiger partial charge in [0.15, 0.2) is 40.7 Å². The molecule has 0 N–H and O–H groups in total. The maximum Gasteiger partial charge on any atom is 0.215 e. The van der Waals surface area contributed by atoms with Gasteiger partial charge in [-0.05, 0) is 409 Å². The Morgan fingerprint density at radius 2 is 0.576 bits per heavy atom. The van der Waals surface area contributed by atoms with Crippen molar-refractivity contribution in [1.29, 1.82) is 5.26 Å². The second kappa shape index (κ2) is 60.6. The van der Waals surface area contributed by atoms with Crippen LogP contribution in [-0.4, -0.2) is 4.98 Å². The highest BCUT2D eigenvalue weighted by atomic mass is 79.9. The highest BCUT2D eigenvalue weighted by Crippen LogP contribution is 2.27. The Bertz CT molecular complexity index is 5140. The summed E-state index contributed by atoms with van der Waals surface area (Å²) < 4.78 is 260. The zero-order valence-electron chi connectivity index (χ0n) is 74.3. The van der Waals surface area contributed by atoms with Crippen LogP contribution >= 0.6 is 89.9 Å². The highest BCUT2D eigenvalue weighted by molar-refractivity contribution is 9.10. The summed E-state index contributed by atoms with van der Waals surface area (Å²) >= 11 is 32.8. The van der Waals surface area contributed by atoms with Gasteiger partial charge in [0, 0.05) is 28.4 Å². The molecule has 0 bridgehead atoms. The van der Waals surface area contributed by atoms with E-state index in [2.05, 4.69) is 49.0 Å². The van der Waals surface area contributed by atoms with Gasteiger partial charge in [-0.3, -0.25) is 0 Å². The number of nitrogens with zero attached hydrogens (tertiary/aromatic N) is 2. The molecule has 14 rings (SSSR count). The van der Waals surface area contributed by atoms with Crippen LogP contribution in [0.25, 0.3) is 0 Å². The molecule has 0 aliphatic carbocycles. The topological polar surface area (TPSA) is 36.7 Å². The Morgan fingerprint density at radius 3 is 0.917 bits per heavy atom. The third-order valence-corrected chi connectivity index (χ3v) is 18.9. The van der Waals surface area contributed by atoms with Gasteiger partial charge >= 0.3 is 0 Å². The predicted octanol–water partition coefficient (Wildman–Crippen LogP) is 36.1. The average molecular weight is 2080 g/mol. The maximum absolute atomic E-state index is 12.6. The number of pyridine rings is 1. The largest absolute Gasteiger partial charge is 0.228 e. The Labute approximate surface area is 798 Å². The Morgan fingerprint density at radius 1 is 0.250 bits per heavy atom. The van der Waals surface area contributed by atoms with Crippen molar-refractivity contribution >= 4 is 89.9 Å². The zero-order chi connectivity index (χ0) is 101. The van der Waals surface area contributed by atoms with Crippen LogP contribution in [0.2, 0.25) is 25.1 Å². The van der Waals surface area contributed by atoms with E-state index in [0.29, 0.717) is 48.4 Å². The summed E-state index contributed by atoms with van der Waals surface area (Å²) in [7, 11) is 0. The quantitative estimate of drug-likeness (QED) is 0.0862. The minimum Gasteiger partial charge on any atom is -0.228 e. The molecule has 1 heterocycles. The van der Waals surface area contributed by atoms with E-state index in [0.717, 1.165) is 97.6 Å². The molecule has 2 nitrogen and oxygen atoms in total. The molecule has 0 saturated carbocycles. The molecule has 13 aromatic carbocycles. The van der Waals surface area contributed by atoms with Crippen molar-refractivity contribution in [3.63, 3.8) is 0 Å². The summed E-state index contributed by atoms with van der Waals surface area (Å²) in [6.07, 6.45) is 1.52. The molecule has 0 amide bonds. The monoisotopic (exact) mass is 2070 g/mol. The van der Waals surface area contributed by atoms with Gasteiger partial charge in [0.05, 0.1) is 35.6 Å². The molecule has 0 radical (unpaired) electrons. The SMILES string of the molecule is Cc1cc(C)cc(C#N)c1.Cc1cc(C)cc(F)c1.Cc1cc(F)c(Br)c(F)c1.Cc1cc(F)c(C)c(F)c1.Cc1cc(F)c(Cl)c(Cl)c1.Cc1cc(F)c(Cl)c(F)c1.Cc1cc(F)c(F)c(Cl)c1.Cc1cc(F)c(F)c(F)c1.Cc1cc(F)cc(Cl)c1.Cc1cc(F)cc(F)c1.Cc1ccc(Br)c(F)c1.Cc1ccc(F)c(F)c1.Cc1cccc(F)c1.Cc1cnc(F)c(C)c1. The second-order valence-corrected chi connectivity index (χ2v) is 32.7. The summed E-state index contributed by atoms with van der Waals surface area (Å²) in [4.78, 5) is 3.51. The normalized spacial score (nSPS) is 9.73. The average Bonchev–Trinajstić information content (AvgIpc) is 0.874. The van der Waals surface area contributed by atoms with Crippen LogP contribution in [0.4, 0.5) is 92.2 Å². The fourth-order valence-corrected chi connectivity index (χ4v) is 11.5. The first kappa shape index (κ1) is 119. The fraction of sp³-hybridized carbons (Fsp3) is 0.176. The number of benzene rings is 13. The number of aryl methyl sites for hydroxylation is 17. The Balaban J connectivity index is 0.000000711. The van der Waals surface area contributed by atoms with Crippen LogP contribution in [0.3, 0.4) is 0 Å². The van der Waals surface area contributed by atoms with E-state index in [4.69, 9.17) is 63.3 Å². The lowest BCUT2D eigenvalue weighted by Gasteiger charge is -1.98. The van der Waals surface area contributed by atoms with Crippen molar-refractivity contribution < 1.29 is 92.2 Å². The maximum atomic E-state index is 12.6. The number of halogens is 28. The molecule has 0 aliphatic heterocycles. The number of aromatic nitrogens is 1. The van der Waals surface area contributed by atoms with Gasteiger partial charge in [0.2, 0.25) is 5.95 Å². The van der Waals surface area contributed by atoms with Crippen LogP contribution in [0, 0.1) is 258 Å². The van der Waals surface area contributed by atoms with Crippen molar-refractivity contribution in [3.05, 3.63) is 481 Å². The van der Waals surface area contributed by atoms with Crippen molar-refractivity contribution in [2.75, 3.05) is 0 Å². The molecule has 0 fully saturated rings. The minimum absolute atomic E-state index is 0.00716. The first-order valence-electron chi connectivity index (χ1n) is 38.5. The number of rotatable bonds is 0. The van der Waals surface area contributed by atoms with Gasteiger partial charge in [-0.1, -0.05) is 100 Å². The molecule has 1 aromatic heterocycles. The third kappa shape index (κ3) is 49.3. The van der Waals surface area contributed by atoms with Crippen LogP contribution in [0.1, 0.15) is 106 Å². The van der Waals surface area contributed by atoms with Crippen LogP contribution in [-0.2, 0) is 0 Å². The van der Waals surface area contributed by atoms with E-state index in [9.17, 15) is 92.2 Å². The van der Waals surface area contributed by atoms with Crippen molar-refractivity contribution in [3.8, 4) is 6.07 Å². The van der Waals surface area contributed by atoms with E-state index in [-0.39, 0.29) is 54.3 Å². The van der Waals surface area contributed by atoms with Gasteiger partial charge in [0.25, 0.3) is 0 Å². The number of hydrogen-bond donors (Lipinski definition) is 0. The lowest BCUT2D eigenvalue weighted by Crippen LogP contribution is -1.90. The van der Waals surface area contributed by atoms with Crippen molar-refractivity contribution in [2.45, 2.75) is 125 Å². The minimum atomic E-state index is -1.41. The van der Waals surface area contributed by atoms with E-state index < -0.39 is 98.1 Å². The van der Waals surface area contributed by atoms with Gasteiger partial charge in [-0.15, -0.1) is 0 Å². The van der Waals surface area contributed by atoms with E-state index in [1.165, 1.54) is 129 Å². The third-order valence-electron chi connectivity index (χ3n) is 15.9. The molecule has 30 heteroatoms. The number of hydrogen-bond acceptors (Lipinski definition) is 2. The van der Waals surface area contributed by atoms with E-state index >= 15 is 0 Å². The number of nitriles is 1. The predicted molar refractivity (Wildman–Crippen MR) is 498 cm³/mol. The Kier molecular flexibility index (Phi) is 54.8. The molecular weight excluding hydrogens is 1990 g/mol. The van der Waals surface area contributed by atoms with Gasteiger partial charge < -0.3 is 0 Å². The van der Waals surface area contributed by atoms with Crippen LogP contribution in [0.15, 0.2) is 227 Å². The first-order valence-corrected chi connectivity index (χ1v) is 42.0. The molecular formula is C102H90Br2Cl5F21N2. The van der Waals surface area contributed by atoms with Crippen LogP contribution in [0.5, 0.6) is 0 Å². The molecule has 0 spiro atoms. The van der Waals surface area contributed by atoms with E-state index in [1.54, 1.807) is 92.6 Å². The lowest BCUT2D eigenvalue weighted by atomic mass is 10.1. The van der Waals surface area contributed by atoms with Crippen LogP contribution < -0.4 is 0 Å². The van der Waals surface area contributed by atoms with Gasteiger partial charge in [-0.25, -0.2) is 92.8 Å². The molecule has 0 atom stereocenters. The Hall–Kier alpha value is -10.6. The summed E-state index contributed by atoms with van der Waals surface area (Å²) in [6.45, 7) is 31.4. The fourth-order valence-electron chi connectivity index (χ4n) is 10.0. The van der Waals surface area contributed by atoms with Crippen molar-refractivity contribution in [2.24, 2.45) is 0 Å². The standard InChI is InChI=1S/C9H9N.C8H8F2.C8H9F.C7H5BrF2.C7H6BrF.C7H5Cl2F.2C7H5ClF2.C7H6ClF.C7H5F3.2C7H6F2.C7H8FN.C7H7F/c1-7-3-8(2)5-9(4-7)6-10;1-5-3-7(9)6(2)8(10)4-5;1-6-3-7(2)5-8(9)4-6;1-4-2-5(9)7(8)6(10)3-4;1-5-2-3-6(8)7(9)4-5;1-4-2-5(8)7(9)6(10)3-4;1-4-2-5(9)7(8)6(10)3-4;1-4-2-5(8)7(10)6(9)3-4;1-5-2-6(8)4-7(9)3-5;1-4-2-5(8)7(10)6(9)3-4;1-5-2-6(8)4-7(9)3-5;1-5-2-3-6(8)7(9)4-5;1-5-3-6(2)7(8)9-4-5;1-6-3-2-4-7(8)5-6/h3-5H,1-2H3;3-4H,1-2H3;3-5H,1-2H3;2-3H,1H3;2-4H,1H3;3*2-3H,1H3;2-4H,1H3;2-3H,1H3;2*2-4H,1H3;3-4H,1-2H3;2-5H,1H3.